The molecule has 1 aliphatic carbocycles. The van der Waals surface area contributed by atoms with Crippen LogP contribution in [0.5, 0.6) is 0 Å². The van der Waals surface area contributed by atoms with Gasteiger partial charge in [0.15, 0.2) is 0 Å². The van der Waals surface area contributed by atoms with Gasteiger partial charge in [-0.15, -0.1) is 0 Å². The smallest absolute Gasteiger partial charge is 0.228 e. The molecule has 6 fully saturated rings. The Morgan fingerprint density at radius 3 is 1.56 bits per heavy atom. The lowest BCUT2D eigenvalue weighted by molar-refractivity contribution is -0.182. The maximum Gasteiger partial charge on any atom is 0.228 e. The SMILES string of the molecule is CN1C(=O)[C@H]2CC[C@@]1(C)[C@@H]1CC[C@]2(C)N(C)C1=O. The van der Waals surface area contributed by atoms with Gasteiger partial charge in [-0.25, -0.2) is 0 Å². The van der Waals surface area contributed by atoms with E-state index in [0.717, 1.165) is 25.7 Å². The van der Waals surface area contributed by atoms with Crippen molar-refractivity contribution in [1.82, 2.24) is 9.80 Å². The summed E-state index contributed by atoms with van der Waals surface area (Å²) >= 11 is 0. The number of carbonyl (C=O) groups excluding carboxylic acids is 2. The van der Waals surface area contributed by atoms with Crippen molar-refractivity contribution >= 4 is 11.8 Å². The molecule has 1 saturated carbocycles. The molecule has 100 valence electrons. The van der Waals surface area contributed by atoms with Crippen molar-refractivity contribution in [2.24, 2.45) is 11.8 Å². The molecule has 5 heterocycles. The standard InChI is InChI=1S/C14H22N2O2/c1-13-7-5-10(12(18)15(13)3)14(2)8-6-9(13)11(17)16(14)4/h9-10H,5-8H2,1-4H3/t9-,10-,13+,14+/m1/s1. The summed E-state index contributed by atoms with van der Waals surface area (Å²) in [6.45, 7) is 4.18. The molecule has 6 rings (SSSR count). The zero-order valence-electron chi connectivity index (χ0n) is 11.7. The van der Waals surface area contributed by atoms with Gasteiger partial charge in [0, 0.05) is 14.1 Å². The average molecular weight is 250 g/mol. The van der Waals surface area contributed by atoms with E-state index in [1.807, 2.05) is 23.9 Å². The van der Waals surface area contributed by atoms with E-state index in [-0.39, 0.29) is 34.7 Å². The van der Waals surface area contributed by atoms with Gasteiger partial charge in [-0.2, -0.15) is 0 Å². The van der Waals surface area contributed by atoms with E-state index in [1.54, 1.807) is 0 Å². The predicted octanol–water partition coefficient (Wildman–Crippen LogP) is 1.25. The highest BCUT2D eigenvalue weighted by Gasteiger charge is 2.61. The van der Waals surface area contributed by atoms with E-state index < -0.39 is 0 Å². The van der Waals surface area contributed by atoms with Gasteiger partial charge in [-0.1, -0.05) is 0 Å². The molecular weight excluding hydrogens is 228 g/mol. The third kappa shape index (κ3) is 1.12. The summed E-state index contributed by atoms with van der Waals surface area (Å²) in [5.74, 6) is 0.419. The molecule has 4 atom stereocenters. The molecule has 0 aromatic heterocycles. The summed E-state index contributed by atoms with van der Waals surface area (Å²) in [7, 11) is 3.76. The number of hydrogen-bond donors (Lipinski definition) is 0. The van der Waals surface area contributed by atoms with Crippen LogP contribution in [-0.2, 0) is 9.59 Å². The Morgan fingerprint density at radius 2 is 1.22 bits per heavy atom. The van der Waals surface area contributed by atoms with E-state index in [2.05, 4.69) is 13.8 Å². The number of nitrogens with zero attached hydrogens (tertiary/aromatic N) is 2. The molecule has 0 spiro atoms. The molecule has 2 amide bonds. The number of rotatable bonds is 0. The molecule has 0 unspecified atom stereocenters. The minimum atomic E-state index is -0.277. The molecule has 4 heteroatoms. The average Bonchev–Trinajstić information content (AvgIpc) is 2.32. The second-order valence-corrected chi connectivity index (χ2v) is 6.69. The highest BCUT2D eigenvalue weighted by molar-refractivity contribution is 5.89. The summed E-state index contributed by atoms with van der Waals surface area (Å²) in [5.41, 5.74) is -0.554. The topological polar surface area (TPSA) is 40.6 Å². The summed E-state index contributed by atoms with van der Waals surface area (Å²) in [4.78, 5) is 28.9. The zero-order chi connectivity index (χ0) is 13.3. The van der Waals surface area contributed by atoms with Crippen molar-refractivity contribution < 1.29 is 9.59 Å². The molecule has 0 aromatic carbocycles. The molecule has 6 aliphatic rings. The Balaban J connectivity index is 2.18. The summed E-state index contributed by atoms with van der Waals surface area (Å²) in [6.07, 6.45) is 3.76. The number of piperidine rings is 2. The van der Waals surface area contributed by atoms with Gasteiger partial charge in [0.2, 0.25) is 11.8 Å². The van der Waals surface area contributed by atoms with E-state index in [4.69, 9.17) is 0 Å². The second-order valence-electron chi connectivity index (χ2n) is 6.69. The van der Waals surface area contributed by atoms with Gasteiger partial charge in [0.1, 0.15) is 0 Å². The fourth-order valence-electron chi connectivity index (χ4n) is 4.40. The van der Waals surface area contributed by atoms with Crippen LogP contribution in [-0.4, -0.2) is 46.8 Å². The normalized spacial score (nSPS) is 47.6. The first kappa shape index (κ1) is 12.0. The van der Waals surface area contributed by atoms with Crippen LogP contribution in [0.4, 0.5) is 0 Å². The highest BCUT2D eigenvalue weighted by atomic mass is 16.2. The van der Waals surface area contributed by atoms with Crippen LogP contribution in [0.2, 0.25) is 0 Å². The lowest BCUT2D eigenvalue weighted by atomic mass is 9.60. The van der Waals surface area contributed by atoms with Gasteiger partial charge in [0.25, 0.3) is 0 Å². The summed E-state index contributed by atoms with van der Waals surface area (Å²) in [5, 5.41) is 0. The van der Waals surface area contributed by atoms with Crippen molar-refractivity contribution in [3.8, 4) is 0 Å². The molecule has 4 nitrogen and oxygen atoms in total. The van der Waals surface area contributed by atoms with Gasteiger partial charge in [0.05, 0.1) is 22.9 Å². The second kappa shape index (κ2) is 3.28. The van der Waals surface area contributed by atoms with Crippen molar-refractivity contribution in [3.05, 3.63) is 0 Å². The van der Waals surface area contributed by atoms with Crippen molar-refractivity contribution in [3.63, 3.8) is 0 Å². The molecule has 5 aliphatic heterocycles. The first-order valence-corrected chi connectivity index (χ1v) is 6.88. The van der Waals surface area contributed by atoms with E-state index in [1.165, 1.54) is 0 Å². The molecule has 5 saturated heterocycles. The number of hydrogen-bond acceptors (Lipinski definition) is 2. The van der Waals surface area contributed by atoms with E-state index >= 15 is 0 Å². The lowest BCUT2D eigenvalue weighted by Crippen LogP contribution is -2.73. The van der Waals surface area contributed by atoms with Crippen LogP contribution in [0.3, 0.4) is 0 Å². The van der Waals surface area contributed by atoms with Crippen LogP contribution in [0.1, 0.15) is 39.5 Å². The largest absolute Gasteiger partial charge is 0.339 e. The maximum atomic E-state index is 12.6. The monoisotopic (exact) mass is 250 g/mol. The third-order valence-electron chi connectivity index (χ3n) is 6.17. The van der Waals surface area contributed by atoms with Crippen molar-refractivity contribution in [2.75, 3.05) is 14.1 Å². The van der Waals surface area contributed by atoms with Crippen LogP contribution in [0.15, 0.2) is 0 Å². The van der Waals surface area contributed by atoms with Crippen molar-refractivity contribution in [2.45, 2.75) is 50.6 Å². The third-order valence-corrected chi connectivity index (χ3v) is 6.17. The minimum absolute atomic E-state index is 0.0224. The van der Waals surface area contributed by atoms with Crippen molar-refractivity contribution in [1.29, 1.82) is 0 Å². The predicted molar refractivity (Wildman–Crippen MR) is 67.8 cm³/mol. The first-order valence-electron chi connectivity index (χ1n) is 6.88. The Labute approximate surface area is 108 Å². The molecule has 0 N–H and O–H groups in total. The Bertz CT molecular complexity index is 396. The number of carbonyl (C=O) groups is 2. The zero-order valence-corrected chi connectivity index (χ0v) is 11.7. The highest BCUT2D eigenvalue weighted by Crippen LogP contribution is 2.52. The first-order chi connectivity index (χ1) is 8.32. The quantitative estimate of drug-likeness (QED) is 0.649. The molecule has 0 aromatic rings. The minimum Gasteiger partial charge on any atom is -0.339 e. The van der Waals surface area contributed by atoms with Gasteiger partial charge >= 0.3 is 0 Å². The molecule has 4 bridgehead atoms. The summed E-state index contributed by atoms with van der Waals surface area (Å²) < 4.78 is 0. The van der Waals surface area contributed by atoms with E-state index in [0.29, 0.717) is 0 Å². The molecule has 18 heavy (non-hydrogen) atoms. The molecule has 0 radical (unpaired) electrons. The Hall–Kier alpha value is -1.06. The van der Waals surface area contributed by atoms with Gasteiger partial charge in [-0.3, -0.25) is 9.59 Å². The van der Waals surface area contributed by atoms with Crippen LogP contribution in [0, 0.1) is 11.8 Å². The Kier molecular flexibility index (Phi) is 2.19. The van der Waals surface area contributed by atoms with Gasteiger partial charge < -0.3 is 9.80 Å². The van der Waals surface area contributed by atoms with Crippen LogP contribution < -0.4 is 0 Å². The molecular formula is C14H22N2O2. The Morgan fingerprint density at radius 1 is 0.889 bits per heavy atom. The summed E-state index contributed by atoms with van der Waals surface area (Å²) in [6, 6.07) is 0. The number of amides is 2. The fraction of sp³-hybridized carbons (Fsp3) is 0.857. The van der Waals surface area contributed by atoms with Gasteiger partial charge in [-0.05, 0) is 39.5 Å². The van der Waals surface area contributed by atoms with Crippen LogP contribution in [0.25, 0.3) is 0 Å². The van der Waals surface area contributed by atoms with E-state index in [9.17, 15) is 9.59 Å². The lowest BCUT2D eigenvalue weighted by Gasteiger charge is -2.61. The fourth-order valence-corrected chi connectivity index (χ4v) is 4.40. The van der Waals surface area contributed by atoms with Crippen LogP contribution >= 0.6 is 0 Å². The maximum absolute atomic E-state index is 12.6.